The second-order valence-corrected chi connectivity index (χ2v) is 9.32. The summed E-state index contributed by atoms with van der Waals surface area (Å²) in [6.07, 6.45) is 0.967. The van der Waals surface area contributed by atoms with Crippen LogP contribution in [0.25, 0.3) is 0 Å². The normalized spacial score (nSPS) is 21.5. The van der Waals surface area contributed by atoms with E-state index in [2.05, 4.69) is 0 Å². The Labute approximate surface area is 146 Å². The number of hydrogen-bond donors (Lipinski definition) is 0. The van der Waals surface area contributed by atoms with Crippen molar-refractivity contribution >= 4 is 15.7 Å². The number of sulfonamides is 1. The van der Waals surface area contributed by atoms with Crippen LogP contribution in [0.3, 0.4) is 0 Å². The van der Waals surface area contributed by atoms with Crippen LogP contribution in [0.5, 0.6) is 0 Å². The molecule has 138 valence electrons. The second-order valence-electron chi connectivity index (χ2n) is 6.83. The zero-order valence-corrected chi connectivity index (χ0v) is 15.1. The zero-order chi connectivity index (χ0) is 18.3. The largest absolute Gasteiger partial charge is 0.347 e. The molecule has 2 saturated heterocycles. The quantitative estimate of drug-likeness (QED) is 0.594. The molecule has 0 atom stereocenters. The standard InChI is InChI=1S/C16H22N2O6S/c1-15(2,13-4-3-5-14(12-13)18(19)20)25(21,22)17-8-6-16(7-9-17)23-10-11-24-16/h3-5,12H,6-11H2,1-2H3. The van der Waals surface area contributed by atoms with Crippen molar-refractivity contribution in [2.45, 2.75) is 37.2 Å². The number of piperidine rings is 1. The number of nitrogens with zero attached hydrogens (tertiary/aromatic N) is 2. The van der Waals surface area contributed by atoms with Crippen LogP contribution in [0.15, 0.2) is 24.3 Å². The van der Waals surface area contributed by atoms with Crippen LogP contribution in [0.1, 0.15) is 32.3 Å². The predicted octanol–water partition coefficient (Wildman–Crippen LogP) is 2.00. The van der Waals surface area contributed by atoms with Gasteiger partial charge in [-0.25, -0.2) is 12.7 Å². The average molecular weight is 370 g/mol. The molecule has 0 unspecified atom stereocenters. The third-order valence-electron chi connectivity index (χ3n) is 5.03. The number of rotatable bonds is 4. The third-order valence-corrected chi connectivity index (χ3v) is 7.61. The van der Waals surface area contributed by atoms with Crippen molar-refractivity contribution < 1.29 is 22.8 Å². The van der Waals surface area contributed by atoms with E-state index in [-0.39, 0.29) is 5.69 Å². The van der Waals surface area contributed by atoms with Gasteiger partial charge in [-0.3, -0.25) is 10.1 Å². The smallest absolute Gasteiger partial charge is 0.269 e. The maximum atomic E-state index is 13.2. The van der Waals surface area contributed by atoms with Crippen molar-refractivity contribution in [2.24, 2.45) is 0 Å². The predicted molar refractivity (Wildman–Crippen MR) is 90.5 cm³/mol. The van der Waals surface area contributed by atoms with Crippen molar-refractivity contribution in [3.63, 3.8) is 0 Å². The van der Waals surface area contributed by atoms with E-state index in [0.29, 0.717) is 44.7 Å². The van der Waals surface area contributed by atoms with E-state index in [1.807, 2.05) is 0 Å². The molecule has 3 rings (SSSR count). The maximum Gasteiger partial charge on any atom is 0.269 e. The maximum absolute atomic E-state index is 13.2. The Morgan fingerprint density at radius 1 is 1.20 bits per heavy atom. The summed E-state index contributed by atoms with van der Waals surface area (Å²) in [7, 11) is -3.70. The average Bonchev–Trinajstić information content (AvgIpc) is 3.03. The van der Waals surface area contributed by atoms with E-state index < -0.39 is 25.5 Å². The molecule has 0 N–H and O–H groups in total. The lowest BCUT2D eigenvalue weighted by Crippen LogP contribution is -2.51. The molecule has 0 radical (unpaired) electrons. The summed E-state index contributed by atoms with van der Waals surface area (Å²) in [5.41, 5.74) is 0.279. The van der Waals surface area contributed by atoms with Crippen LogP contribution in [0.4, 0.5) is 5.69 Å². The first-order chi connectivity index (χ1) is 11.7. The molecule has 0 bridgehead atoms. The van der Waals surface area contributed by atoms with Gasteiger partial charge in [0.25, 0.3) is 5.69 Å². The van der Waals surface area contributed by atoms with Gasteiger partial charge >= 0.3 is 0 Å². The summed E-state index contributed by atoms with van der Waals surface area (Å²) >= 11 is 0. The van der Waals surface area contributed by atoms with Crippen LogP contribution in [-0.4, -0.2) is 49.7 Å². The van der Waals surface area contributed by atoms with Crippen molar-refractivity contribution in [2.75, 3.05) is 26.3 Å². The lowest BCUT2D eigenvalue weighted by atomic mass is 10.0. The van der Waals surface area contributed by atoms with Crippen LogP contribution in [-0.2, 0) is 24.2 Å². The molecule has 1 spiro atoms. The van der Waals surface area contributed by atoms with Crippen LogP contribution in [0.2, 0.25) is 0 Å². The Bertz CT molecular complexity index is 761. The molecule has 2 fully saturated rings. The molecular formula is C16H22N2O6S. The van der Waals surface area contributed by atoms with Gasteiger partial charge in [0.2, 0.25) is 10.0 Å². The number of ether oxygens (including phenoxy) is 2. The summed E-state index contributed by atoms with van der Waals surface area (Å²) in [5.74, 6) is -0.651. The monoisotopic (exact) mass is 370 g/mol. The van der Waals surface area contributed by atoms with E-state index in [4.69, 9.17) is 9.47 Å². The minimum Gasteiger partial charge on any atom is -0.347 e. The summed E-state index contributed by atoms with van der Waals surface area (Å²) in [5, 5.41) is 11.0. The van der Waals surface area contributed by atoms with Crippen molar-refractivity contribution in [3.05, 3.63) is 39.9 Å². The van der Waals surface area contributed by atoms with Gasteiger partial charge in [-0.2, -0.15) is 0 Å². The van der Waals surface area contributed by atoms with E-state index in [0.717, 1.165) is 0 Å². The van der Waals surface area contributed by atoms with E-state index in [1.54, 1.807) is 19.9 Å². The van der Waals surface area contributed by atoms with Gasteiger partial charge in [0.05, 0.1) is 18.1 Å². The van der Waals surface area contributed by atoms with E-state index in [9.17, 15) is 18.5 Å². The molecule has 0 aromatic heterocycles. The van der Waals surface area contributed by atoms with Crippen molar-refractivity contribution in [1.29, 1.82) is 0 Å². The Hall–Kier alpha value is -1.55. The fraction of sp³-hybridized carbons (Fsp3) is 0.625. The number of non-ortho nitro benzene ring substituents is 1. The van der Waals surface area contributed by atoms with Crippen LogP contribution < -0.4 is 0 Å². The highest BCUT2D eigenvalue weighted by molar-refractivity contribution is 7.90. The molecule has 2 aliphatic rings. The van der Waals surface area contributed by atoms with Gasteiger partial charge in [-0.05, 0) is 19.4 Å². The highest BCUT2D eigenvalue weighted by Gasteiger charge is 2.47. The highest BCUT2D eigenvalue weighted by atomic mass is 32.2. The first-order valence-electron chi connectivity index (χ1n) is 8.21. The molecule has 1 aromatic carbocycles. The Morgan fingerprint density at radius 3 is 2.36 bits per heavy atom. The molecule has 0 saturated carbocycles. The minimum absolute atomic E-state index is 0.119. The van der Waals surface area contributed by atoms with Crippen molar-refractivity contribution in [1.82, 2.24) is 4.31 Å². The molecule has 9 heteroatoms. The lowest BCUT2D eigenvalue weighted by Gasteiger charge is -2.40. The van der Waals surface area contributed by atoms with Crippen LogP contribution >= 0.6 is 0 Å². The fourth-order valence-corrected chi connectivity index (χ4v) is 5.05. The van der Waals surface area contributed by atoms with Gasteiger partial charge < -0.3 is 9.47 Å². The van der Waals surface area contributed by atoms with E-state index in [1.165, 1.54) is 22.5 Å². The molecule has 2 aliphatic heterocycles. The molecule has 1 aromatic rings. The van der Waals surface area contributed by atoms with Crippen molar-refractivity contribution in [3.8, 4) is 0 Å². The van der Waals surface area contributed by atoms with Gasteiger partial charge in [0, 0.05) is 38.1 Å². The summed E-state index contributed by atoms with van der Waals surface area (Å²) in [6.45, 7) is 4.84. The van der Waals surface area contributed by atoms with Gasteiger partial charge in [0.15, 0.2) is 5.79 Å². The Morgan fingerprint density at radius 2 is 1.80 bits per heavy atom. The van der Waals surface area contributed by atoms with Gasteiger partial charge in [0.1, 0.15) is 4.75 Å². The Kier molecular flexibility index (Phi) is 4.61. The third kappa shape index (κ3) is 3.17. The van der Waals surface area contributed by atoms with E-state index >= 15 is 0 Å². The van der Waals surface area contributed by atoms with Gasteiger partial charge in [-0.15, -0.1) is 0 Å². The summed E-state index contributed by atoms with van der Waals surface area (Å²) < 4.78 is 37.8. The van der Waals surface area contributed by atoms with Crippen LogP contribution in [0, 0.1) is 10.1 Å². The molecular weight excluding hydrogens is 348 g/mol. The SMILES string of the molecule is CC(C)(c1cccc([N+](=O)[O-])c1)S(=O)(=O)N1CCC2(CC1)OCCO2. The molecule has 0 amide bonds. The summed E-state index contributed by atoms with van der Waals surface area (Å²) in [6, 6.07) is 5.80. The Balaban J connectivity index is 1.83. The second kappa shape index (κ2) is 6.31. The number of nitro benzene ring substituents is 1. The highest BCUT2D eigenvalue weighted by Crippen LogP contribution is 2.38. The number of nitro groups is 1. The minimum atomic E-state index is -3.70. The zero-order valence-electron chi connectivity index (χ0n) is 14.3. The fourth-order valence-electron chi connectivity index (χ4n) is 3.32. The molecule has 2 heterocycles. The molecule has 8 nitrogen and oxygen atoms in total. The topological polar surface area (TPSA) is 99.0 Å². The molecule has 0 aliphatic carbocycles. The number of benzene rings is 1. The molecule has 25 heavy (non-hydrogen) atoms. The first kappa shape index (κ1) is 18.2. The lowest BCUT2D eigenvalue weighted by molar-refractivity contribution is -0.384. The number of hydrogen-bond acceptors (Lipinski definition) is 6. The summed E-state index contributed by atoms with van der Waals surface area (Å²) in [4.78, 5) is 10.5. The first-order valence-corrected chi connectivity index (χ1v) is 9.65. The van der Waals surface area contributed by atoms with Gasteiger partial charge in [-0.1, -0.05) is 12.1 Å².